The van der Waals surface area contributed by atoms with Crippen molar-refractivity contribution in [2.45, 2.75) is 77.0 Å². The second-order valence-corrected chi connectivity index (χ2v) is 6.00. The van der Waals surface area contributed by atoms with Crippen LogP contribution in [0, 0.1) is 0 Å². The van der Waals surface area contributed by atoms with Crippen molar-refractivity contribution in [1.82, 2.24) is 0 Å². The second kappa shape index (κ2) is 11.7. The van der Waals surface area contributed by atoms with E-state index in [1.165, 1.54) is 77.0 Å². The van der Waals surface area contributed by atoms with Crippen LogP contribution < -0.4 is 0 Å². The molecule has 0 saturated heterocycles. The molecule has 2 N–H and O–H groups in total. The Morgan fingerprint density at radius 1 is 0.696 bits per heavy atom. The SMILES string of the molecule is C1=C(C2=CCCCCCC2)CCCCCC1.O=C(O)OC(=O)O. The zero-order valence-corrected chi connectivity index (χ0v) is 13.8. The minimum absolute atomic E-state index is 1.33. The van der Waals surface area contributed by atoms with Gasteiger partial charge in [0.2, 0.25) is 0 Å². The Morgan fingerprint density at radius 2 is 1.09 bits per heavy atom. The lowest BCUT2D eigenvalue weighted by atomic mass is 9.89. The summed E-state index contributed by atoms with van der Waals surface area (Å²) in [6.07, 6.45) is 18.3. The number of ether oxygens (including phenoxy) is 1. The molecular weight excluding hydrogens is 296 g/mol. The number of carbonyl (C=O) groups is 2. The van der Waals surface area contributed by atoms with Crippen LogP contribution in [0.25, 0.3) is 0 Å². The molecule has 0 fully saturated rings. The third-order valence-corrected chi connectivity index (χ3v) is 4.17. The summed E-state index contributed by atoms with van der Waals surface area (Å²) < 4.78 is 3.08. The Morgan fingerprint density at radius 3 is 1.43 bits per heavy atom. The molecule has 23 heavy (non-hydrogen) atoms. The number of hydrogen-bond acceptors (Lipinski definition) is 3. The fraction of sp³-hybridized carbons (Fsp3) is 0.667. The normalized spacial score (nSPS) is 19.3. The van der Waals surface area contributed by atoms with Crippen LogP contribution >= 0.6 is 0 Å². The fourth-order valence-corrected chi connectivity index (χ4v) is 3.04. The van der Waals surface area contributed by atoms with Crippen molar-refractivity contribution < 1.29 is 24.5 Å². The maximum Gasteiger partial charge on any atom is 0.516 e. The highest BCUT2D eigenvalue weighted by Gasteiger charge is 2.08. The Balaban J connectivity index is 0.000000322. The van der Waals surface area contributed by atoms with Gasteiger partial charge in [0.05, 0.1) is 0 Å². The molecule has 2 rings (SSSR count). The number of allylic oxidation sites excluding steroid dienone is 4. The Labute approximate surface area is 138 Å². The number of carboxylic acid groups (broad SMARTS) is 2. The summed E-state index contributed by atoms with van der Waals surface area (Å²) in [5, 5.41) is 15.0. The van der Waals surface area contributed by atoms with Gasteiger partial charge < -0.3 is 14.9 Å². The minimum Gasteiger partial charge on any atom is -0.449 e. The standard InChI is InChI=1S/C16H26.C2H2O5/c1-3-7-11-15(12-8-4-1)16-13-9-5-2-6-10-14-16;3-1(4)7-2(5)6/h11,13H,1-10,12,14H2;(H,3,4)(H,5,6). The molecule has 0 unspecified atom stereocenters. The second-order valence-electron chi connectivity index (χ2n) is 6.00. The van der Waals surface area contributed by atoms with Crippen LogP contribution in [0.15, 0.2) is 23.3 Å². The maximum absolute atomic E-state index is 9.21. The van der Waals surface area contributed by atoms with Crippen LogP contribution in [0.2, 0.25) is 0 Å². The van der Waals surface area contributed by atoms with Crippen molar-refractivity contribution in [3.8, 4) is 0 Å². The summed E-state index contributed by atoms with van der Waals surface area (Å²) in [5.74, 6) is 0. The van der Waals surface area contributed by atoms with Gasteiger partial charge in [-0.05, 0) is 62.5 Å². The van der Waals surface area contributed by atoms with E-state index in [0.717, 1.165) is 0 Å². The molecule has 0 aromatic rings. The summed E-state index contributed by atoms with van der Waals surface area (Å²) in [4.78, 5) is 18.4. The molecule has 130 valence electrons. The van der Waals surface area contributed by atoms with Gasteiger partial charge in [0.25, 0.3) is 0 Å². The fourth-order valence-electron chi connectivity index (χ4n) is 3.04. The van der Waals surface area contributed by atoms with E-state index < -0.39 is 12.3 Å². The maximum atomic E-state index is 9.21. The quantitative estimate of drug-likeness (QED) is 0.463. The number of rotatable bonds is 1. The van der Waals surface area contributed by atoms with Crippen molar-refractivity contribution in [1.29, 1.82) is 0 Å². The highest BCUT2D eigenvalue weighted by Crippen LogP contribution is 2.28. The lowest BCUT2D eigenvalue weighted by molar-refractivity contribution is 0.0802. The molecule has 0 atom stereocenters. The van der Waals surface area contributed by atoms with Gasteiger partial charge in [-0.3, -0.25) is 0 Å². The number of hydrogen-bond donors (Lipinski definition) is 2. The minimum atomic E-state index is -1.81. The van der Waals surface area contributed by atoms with Gasteiger partial charge in [0.1, 0.15) is 0 Å². The Bertz CT molecular complexity index is 397. The van der Waals surface area contributed by atoms with Crippen LogP contribution in [0.3, 0.4) is 0 Å². The molecule has 5 nitrogen and oxygen atoms in total. The van der Waals surface area contributed by atoms with Crippen LogP contribution in [-0.4, -0.2) is 22.5 Å². The van der Waals surface area contributed by atoms with Crippen molar-refractivity contribution in [3.05, 3.63) is 23.3 Å². The van der Waals surface area contributed by atoms with E-state index in [1.807, 2.05) is 0 Å². The lowest BCUT2D eigenvalue weighted by Crippen LogP contribution is -2.05. The summed E-state index contributed by atoms with van der Waals surface area (Å²) >= 11 is 0. The highest BCUT2D eigenvalue weighted by molar-refractivity contribution is 5.74. The van der Waals surface area contributed by atoms with E-state index in [9.17, 15) is 9.59 Å². The van der Waals surface area contributed by atoms with Gasteiger partial charge in [0, 0.05) is 0 Å². The first-order chi connectivity index (χ1) is 11.1. The molecule has 2 aliphatic carbocycles. The van der Waals surface area contributed by atoms with Crippen molar-refractivity contribution >= 4 is 12.3 Å². The van der Waals surface area contributed by atoms with E-state index in [0.29, 0.717) is 0 Å². The van der Waals surface area contributed by atoms with Crippen LogP contribution in [-0.2, 0) is 4.74 Å². The molecule has 0 heterocycles. The third-order valence-electron chi connectivity index (χ3n) is 4.17. The Kier molecular flexibility index (Phi) is 9.84. The van der Waals surface area contributed by atoms with Gasteiger partial charge in [-0.2, -0.15) is 0 Å². The lowest BCUT2D eigenvalue weighted by Gasteiger charge is -2.17. The predicted molar refractivity (Wildman–Crippen MR) is 88.7 cm³/mol. The third kappa shape index (κ3) is 9.76. The molecule has 5 heteroatoms. The predicted octanol–water partition coefficient (Wildman–Crippen LogP) is 5.91. The first-order valence-electron chi connectivity index (χ1n) is 8.61. The summed E-state index contributed by atoms with van der Waals surface area (Å²) in [5.41, 5.74) is 3.42. The average Bonchev–Trinajstić information content (AvgIpc) is 2.38. The topological polar surface area (TPSA) is 83.8 Å². The van der Waals surface area contributed by atoms with Crippen LogP contribution in [0.4, 0.5) is 9.59 Å². The first-order valence-corrected chi connectivity index (χ1v) is 8.61. The van der Waals surface area contributed by atoms with E-state index in [2.05, 4.69) is 16.9 Å². The van der Waals surface area contributed by atoms with Gasteiger partial charge in [-0.15, -0.1) is 0 Å². The van der Waals surface area contributed by atoms with Crippen molar-refractivity contribution in [3.63, 3.8) is 0 Å². The summed E-state index contributed by atoms with van der Waals surface area (Å²) in [7, 11) is 0. The summed E-state index contributed by atoms with van der Waals surface area (Å²) in [6.45, 7) is 0. The van der Waals surface area contributed by atoms with Crippen molar-refractivity contribution in [2.24, 2.45) is 0 Å². The summed E-state index contributed by atoms with van der Waals surface area (Å²) in [6, 6.07) is 0. The molecule has 2 aliphatic rings. The molecule has 0 spiro atoms. The molecule has 0 radical (unpaired) electrons. The van der Waals surface area contributed by atoms with Gasteiger partial charge in [0.15, 0.2) is 0 Å². The molecule has 0 aliphatic heterocycles. The van der Waals surface area contributed by atoms with Gasteiger partial charge in [-0.25, -0.2) is 9.59 Å². The Hall–Kier alpha value is -1.78. The molecule has 0 bridgehead atoms. The smallest absolute Gasteiger partial charge is 0.449 e. The monoisotopic (exact) mass is 324 g/mol. The van der Waals surface area contributed by atoms with E-state index in [4.69, 9.17) is 10.2 Å². The molecule has 0 saturated carbocycles. The van der Waals surface area contributed by atoms with Crippen molar-refractivity contribution in [2.75, 3.05) is 0 Å². The van der Waals surface area contributed by atoms with Gasteiger partial charge >= 0.3 is 12.3 Å². The largest absolute Gasteiger partial charge is 0.516 e. The molecule has 0 aromatic heterocycles. The molecule has 0 aromatic carbocycles. The van der Waals surface area contributed by atoms with E-state index in [1.54, 1.807) is 11.1 Å². The van der Waals surface area contributed by atoms with Crippen LogP contribution in [0.5, 0.6) is 0 Å². The highest BCUT2D eigenvalue weighted by atomic mass is 16.7. The van der Waals surface area contributed by atoms with Gasteiger partial charge in [-0.1, -0.05) is 37.8 Å². The van der Waals surface area contributed by atoms with E-state index in [-0.39, 0.29) is 0 Å². The zero-order valence-electron chi connectivity index (χ0n) is 13.8. The zero-order chi connectivity index (χ0) is 16.9. The van der Waals surface area contributed by atoms with E-state index >= 15 is 0 Å². The first kappa shape index (κ1) is 19.3. The average molecular weight is 324 g/mol. The molecular formula is C18H28O5. The van der Waals surface area contributed by atoms with Crippen LogP contribution in [0.1, 0.15) is 77.0 Å². The molecule has 0 amide bonds.